The van der Waals surface area contributed by atoms with Crippen LogP contribution in [0.15, 0.2) is 28.7 Å². The van der Waals surface area contributed by atoms with Gasteiger partial charge in [-0.05, 0) is 24.5 Å². The molecule has 2 rings (SSSR count). The number of hydrogen-bond acceptors (Lipinski definition) is 2. The Morgan fingerprint density at radius 1 is 1.31 bits per heavy atom. The van der Waals surface area contributed by atoms with E-state index >= 15 is 0 Å². The van der Waals surface area contributed by atoms with E-state index in [1.165, 1.54) is 5.56 Å². The van der Waals surface area contributed by atoms with Gasteiger partial charge in [0.2, 0.25) is 0 Å². The molecular weight excluding hydrogens is 200 g/mol. The van der Waals surface area contributed by atoms with Gasteiger partial charge in [0.25, 0.3) is 0 Å². The molecule has 1 aromatic heterocycles. The Morgan fingerprint density at radius 3 is 2.81 bits per heavy atom. The number of furan rings is 1. The van der Waals surface area contributed by atoms with E-state index in [1.807, 2.05) is 18.2 Å². The highest BCUT2D eigenvalue weighted by molar-refractivity contribution is 5.81. The van der Waals surface area contributed by atoms with Crippen LogP contribution in [0, 0.1) is 0 Å². The van der Waals surface area contributed by atoms with Gasteiger partial charge in [-0.25, -0.2) is 0 Å². The van der Waals surface area contributed by atoms with Gasteiger partial charge in [0.15, 0.2) is 0 Å². The molecule has 1 unspecified atom stereocenters. The van der Waals surface area contributed by atoms with Gasteiger partial charge < -0.3 is 9.52 Å². The molecule has 1 atom stereocenters. The maximum absolute atomic E-state index is 9.89. The highest BCUT2D eigenvalue weighted by Crippen LogP contribution is 2.28. The van der Waals surface area contributed by atoms with Crippen LogP contribution in [0.25, 0.3) is 11.0 Å². The maximum atomic E-state index is 9.89. The van der Waals surface area contributed by atoms with Crippen LogP contribution in [0.5, 0.6) is 0 Å². The van der Waals surface area contributed by atoms with Crippen molar-refractivity contribution in [1.82, 2.24) is 0 Å². The third-order valence-corrected chi connectivity index (χ3v) is 2.92. The molecule has 0 aliphatic heterocycles. The molecule has 0 fully saturated rings. The Labute approximate surface area is 95.9 Å². The second-order valence-corrected chi connectivity index (χ2v) is 4.14. The highest BCUT2D eigenvalue weighted by Gasteiger charge is 2.13. The molecule has 0 saturated heterocycles. The van der Waals surface area contributed by atoms with Gasteiger partial charge in [0.1, 0.15) is 17.4 Å². The van der Waals surface area contributed by atoms with Crippen LogP contribution < -0.4 is 0 Å². The number of para-hydroxylation sites is 1. The minimum Gasteiger partial charge on any atom is -0.458 e. The Hall–Kier alpha value is -1.28. The molecule has 0 aliphatic rings. The van der Waals surface area contributed by atoms with E-state index < -0.39 is 6.10 Å². The predicted octanol–water partition coefficient (Wildman–Crippen LogP) is 3.83. The van der Waals surface area contributed by atoms with Crippen molar-refractivity contribution in [1.29, 1.82) is 0 Å². The van der Waals surface area contributed by atoms with Gasteiger partial charge in [0.05, 0.1) is 0 Å². The zero-order chi connectivity index (χ0) is 11.5. The molecule has 86 valence electrons. The molecule has 0 spiro atoms. The summed E-state index contributed by atoms with van der Waals surface area (Å²) in [6.45, 7) is 4.17. The molecule has 0 bridgehead atoms. The van der Waals surface area contributed by atoms with Gasteiger partial charge in [0, 0.05) is 5.39 Å². The van der Waals surface area contributed by atoms with Crippen molar-refractivity contribution in [2.45, 2.75) is 39.2 Å². The lowest BCUT2D eigenvalue weighted by atomic mass is 10.1. The van der Waals surface area contributed by atoms with E-state index in [2.05, 4.69) is 19.9 Å². The summed E-state index contributed by atoms with van der Waals surface area (Å²) in [5.74, 6) is 0.692. The molecule has 0 aliphatic carbocycles. The summed E-state index contributed by atoms with van der Waals surface area (Å²) in [5, 5.41) is 11.0. The van der Waals surface area contributed by atoms with Crippen LogP contribution >= 0.6 is 0 Å². The van der Waals surface area contributed by atoms with Crippen molar-refractivity contribution >= 4 is 11.0 Å². The van der Waals surface area contributed by atoms with Gasteiger partial charge in [-0.2, -0.15) is 0 Å². The largest absolute Gasteiger partial charge is 0.458 e. The summed E-state index contributed by atoms with van der Waals surface area (Å²) in [7, 11) is 0. The normalized spacial score (nSPS) is 13.2. The van der Waals surface area contributed by atoms with Crippen LogP contribution in [0.3, 0.4) is 0 Å². The molecule has 2 nitrogen and oxygen atoms in total. The van der Waals surface area contributed by atoms with Gasteiger partial charge in [-0.3, -0.25) is 0 Å². The molecule has 0 radical (unpaired) electrons. The van der Waals surface area contributed by atoms with Crippen LogP contribution in [0.4, 0.5) is 0 Å². The first-order valence-corrected chi connectivity index (χ1v) is 5.95. The van der Waals surface area contributed by atoms with Crippen molar-refractivity contribution in [3.63, 3.8) is 0 Å². The second-order valence-electron chi connectivity index (χ2n) is 4.14. The van der Waals surface area contributed by atoms with Gasteiger partial charge in [-0.1, -0.05) is 38.5 Å². The standard InChI is InChI=1S/C14H18O2/c1-3-6-12(15)13-9-11-8-5-7-10(4-2)14(11)16-13/h5,7-9,12,15H,3-4,6H2,1-2H3. The number of fused-ring (bicyclic) bond motifs is 1. The third-order valence-electron chi connectivity index (χ3n) is 2.92. The fourth-order valence-electron chi connectivity index (χ4n) is 2.00. The van der Waals surface area contributed by atoms with Crippen molar-refractivity contribution in [3.8, 4) is 0 Å². The molecule has 1 heterocycles. The van der Waals surface area contributed by atoms with Crippen LogP contribution in [-0.2, 0) is 6.42 Å². The fourth-order valence-corrected chi connectivity index (χ4v) is 2.00. The van der Waals surface area contributed by atoms with E-state index in [1.54, 1.807) is 0 Å². The quantitative estimate of drug-likeness (QED) is 0.846. The average molecular weight is 218 g/mol. The van der Waals surface area contributed by atoms with Crippen molar-refractivity contribution < 1.29 is 9.52 Å². The summed E-state index contributed by atoms with van der Waals surface area (Å²) < 4.78 is 5.75. The minimum absolute atomic E-state index is 0.470. The summed E-state index contributed by atoms with van der Waals surface area (Å²) in [6, 6.07) is 8.09. The monoisotopic (exact) mass is 218 g/mol. The number of aliphatic hydroxyl groups is 1. The Kier molecular flexibility index (Phi) is 3.30. The molecule has 1 aromatic carbocycles. The average Bonchev–Trinajstić information content (AvgIpc) is 2.72. The Balaban J connectivity index is 2.43. The van der Waals surface area contributed by atoms with E-state index in [-0.39, 0.29) is 0 Å². The first-order valence-electron chi connectivity index (χ1n) is 5.95. The molecule has 1 N–H and O–H groups in total. The Bertz CT molecular complexity index is 471. The molecule has 16 heavy (non-hydrogen) atoms. The molecular formula is C14H18O2. The number of aryl methyl sites for hydroxylation is 1. The lowest BCUT2D eigenvalue weighted by molar-refractivity contribution is 0.141. The van der Waals surface area contributed by atoms with Crippen molar-refractivity contribution in [3.05, 3.63) is 35.6 Å². The van der Waals surface area contributed by atoms with Gasteiger partial charge >= 0.3 is 0 Å². The summed E-state index contributed by atoms with van der Waals surface area (Å²) in [4.78, 5) is 0. The van der Waals surface area contributed by atoms with Gasteiger partial charge in [-0.15, -0.1) is 0 Å². The number of hydrogen-bond donors (Lipinski definition) is 1. The Morgan fingerprint density at radius 2 is 2.12 bits per heavy atom. The number of aliphatic hydroxyl groups excluding tert-OH is 1. The van der Waals surface area contributed by atoms with E-state index in [4.69, 9.17) is 4.42 Å². The lowest BCUT2D eigenvalue weighted by Gasteiger charge is -2.04. The summed E-state index contributed by atoms with van der Waals surface area (Å²) in [5.41, 5.74) is 2.13. The SMILES string of the molecule is CCCC(O)c1cc2cccc(CC)c2o1. The van der Waals surface area contributed by atoms with Crippen molar-refractivity contribution in [2.24, 2.45) is 0 Å². The fraction of sp³-hybridized carbons (Fsp3) is 0.429. The molecule has 2 aromatic rings. The number of rotatable bonds is 4. The topological polar surface area (TPSA) is 33.4 Å². The second kappa shape index (κ2) is 4.71. The van der Waals surface area contributed by atoms with Crippen molar-refractivity contribution in [2.75, 3.05) is 0 Å². The minimum atomic E-state index is -0.470. The van der Waals surface area contributed by atoms with E-state index in [9.17, 15) is 5.11 Å². The zero-order valence-corrected chi connectivity index (χ0v) is 9.86. The maximum Gasteiger partial charge on any atom is 0.137 e. The lowest BCUT2D eigenvalue weighted by Crippen LogP contribution is -1.93. The molecule has 0 amide bonds. The predicted molar refractivity (Wildman–Crippen MR) is 65.5 cm³/mol. The van der Waals surface area contributed by atoms with Crippen LogP contribution in [-0.4, -0.2) is 5.11 Å². The van der Waals surface area contributed by atoms with E-state index in [0.29, 0.717) is 5.76 Å². The number of benzene rings is 1. The smallest absolute Gasteiger partial charge is 0.137 e. The third kappa shape index (κ3) is 1.98. The first kappa shape index (κ1) is 11.2. The highest BCUT2D eigenvalue weighted by atomic mass is 16.4. The first-order chi connectivity index (χ1) is 7.76. The van der Waals surface area contributed by atoms with Crippen LogP contribution in [0.2, 0.25) is 0 Å². The van der Waals surface area contributed by atoms with E-state index in [0.717, 1.165) is 30.2 Å². The summed E-state index contributed by atoms with van der Waals surface area (Å²) in [6.07, 6.45) is 2.19. The molecule has 0 saturated carbocycles. The summed E-state index contributed by atoms with van der Waals surface area (Å²) >= 11 is 0. The molecule has 2 heteroatoms. The zero-order valence-electron chi connectivity index (χ0n) is 9.86. The van der Waals surface area contributed by atoms with Crippen LogP contribution in [0.1, 0.15) is 44.1 Å².